The van der Waals surface area contributed by atoms with Crippen molar-refractivity contribution in [1.82, 2.24) is 5.32 Å². The fraction of sp³-hybridized carbons (Fsp3) is 0.533. The number of amides is 1. The van der Waals surface area contributed by atoms with Crippen molar-refractivity contribution >= 4 is 11.6 Å². The van der Waals surface area contributed by atoms with Gasteiger partial charge in [0.15, 0.2) is 0 Å². The Balaban J connectivity index is 2.60. The minimum absolute atomic E-state index is 0.285. The lowest BCUT2D eigenvalue weighted by Gasteiger charge is -2.24. The van der Waals surface area contributed by atoms with E-state index in [1.165, 1.54) is 0 Å². The quantitative estimate of drug-likeness (QED) is 0.716. The number of nitrogens with zero attached hydrogens (tertiary/aromatic N) is 1. The zero-order valence-corrected chi connectivity index (χ0v) is 12.6. The van der Waals surface area contributed by atoms with E-state index < -0.39 is 0 Å². The van der Waals surface area contributed by atoms with E-state index in [0.29, 0.717) is 6.42 Å². The van der Waals surface area contributed by atoms with Gasteiger partial charge in [0.05, 0.1) is 18.8 Å². The van der Waals surface area contributed by atoms with E-state index in [9.17, 15) is 4.79 Å². The van der Waals surface area contributed by atoms with Gasteiger partial charge in [0, 0.05) is 13.6 Å². The first-order chi connectivity index (χ1) is 9.60. The number of hydrogen-bond acceptors (Lipinski definition) is 4. The number of nitrogens with one attached hydrogen (secondary N) is 1. The molecule has 1 aromatic rings. The molecular weight excluding hydrogens is 254 g/mol. The number of carbonyl (C=O) groups is 1. The number of carbonyl (C=O) groups excluding carboxylic acids is 1. The third kappa shape index (κ3) is 4.74. The highest BCUT2D eigenvalue weighted by molar-refractivity contribution is 5.79. The van der Waals surface area contributed by atoms with Crippen LogP contribution in [0.4, 0.5) is 5.69 Å². The van der Waals surface area contributed by atoms with Crippen LogP contribution < -0.4 is 20.7 Å². The molecule has 0 bridgehead atoms. The average molecular weight is 279 g/mol. The summed E-state index contributed by atoms with van der Waals surface area (Å²) in [6, 6.07) is 7.54. The van der Waals surface area contributed by atoms with Gasteiger partial charge in [-0.1, -0.05) is 19.1 Å². The van der Waals surface area contributed by atoms with Crippen LogP contribution in [0, 0.1) is 0 Å². The summed E-state index contributed by atoms with van der Waals surface area (Å²) >= 11 is 0. The minimum Gasteiger partial charge on any atom is -0.495 e. The van der Waals surface area contributed by atoms with Crippen LogP contribution in [0.3, 0.4) is 0 Å². The molecule has 5 heteroatoms. The van der Waals surface area contributed by atoms with Crippen LogP contribution in [0.1, 0.15) is 19.8 Å². The second-order valence-electron chi connectivity index (χ2n) is 4.79. The highest BCUT2D eigenvalue weighted by Gasteiger charge is 2.16. The summed E-state index contributed by atoms with van der Waals surface area (Å²) < 4.78 is 5.34. The number of benzene rings is 1. The van der Waals surface area contributed by atoms with Crippen LogP contribution in [0.2, 0.25) is 0 Å². The van der Waals surface area contributed by atoms with Crippen molar-refractivity contribution in [2.75, 3.05) is 32.1 Å². The molecule has 0 fully saturated rings. The number of para-hydroxylation sites is 2. The highest BCUT2D eigenvalue weighted by Crippen LogP contribution is 2.26. The van der Waals surface area contributed by atoms with Crippen molar-refractivity contribution in [2.45, 2.75) is 25.8 Å². The number of rotatable bonds is 9. The van der Waals surface area contributed by atoms with Gasteiger partial charge < -0.3 is 20.7 Å². The normalized spacial score (nSPS) is 11.9. The SMILES string of the molecule is CCCNC(CCN(C)c1ccccc1OC)C(N)=O. The smallest absolute Gasteiger partial charge is 0.234 e. The first-order valence-corrected chi connectivity index (χ1v) is 6.97. The fourth-order valence-electron chi connectivity index (χ4n) is 2.05. The van der Waals surface area contributed by atoms with Crippen molar-refractivity contribution in [2.24, 2.45) is 5.73 Å². The van der Waals surface area contributed by atoms with Gasteiger partial charge in [-0.25, -0.2) is 0 Å². The second-order valence-corrected chi connectivity index (χ2v) is 4.79. The van der Waals surface area contributed by atoms with Crippen molar-refractivity contribution in [1.29, 1.82) is 0 Å². The average Bonchev–Trinajstić information content (AvgIpc) is 2.46. The Kier molecular flexibility index (Phi) is 6.87. The molecule has 0 radical (unpaired) electrons. The number of anilines is 1. The fourth-order valence-corrected chi connectivity index (χ4v) is 2.05. The molecule has 112 valence electrons. The van der Waals surface area contributed by atoms with Crippen LogP contribution >= 0.6 is 0 Å². The largest absolute Gasteiger partial charge is 0.495 e. The summed E-state index contributed by atoms with van der Waals surface area (Å²) in [5, 5.41) is 3.17. The molecule has 0 aliphatic carbocycles. The van der Waals surface area contributed by atoms with Gasteiger partial charge in [-0.3, -0.25) is 4.79 Å². The molecule has 0 spiro atoms. The third-order valence-corrected chi connectivity index (χ3v) is 3.23. The van der Waals surface area contributed by atoms with Gasteiger partial charge in [-0.2, -0.15) is 0 Å². The Morgan fingerprint density at radius 3 is 2.75 bits per heavy atom. The van der Waals surface area contributed by atoms with Crippen LogP contribution in [0.15, 0.2) is 24.3 Å². The standard InChI is InChI=1S/C15H25N3O2/c1-4-10-17-12(15(16)19)9-11-18(2)13-7-5-6-8-14(13)20-3/h5-8,12,17H,4,9-11H2,1-3H3,(H2,16,19). The maximum Gasteiger partial charge on any atom is 0.234 e. The topological polar surface area (TPSA) is 67.6 Å². The molecule has 0 saturated heterocycles. The molecular formula is C15H25N3O2. The molecule has 0 saturated carbocycles. The van der Waals surface area contributed by atoms with E-state index in [-0.39, 0.29) is 11.9 Å². The summed E-state index contributed by atoms with van der Waals surface area (Å²) in [5.74, 6) is 0.527. The zero-order chi connectivity index (χ0) is 15.0. The molecule has 0 heterocycles. The lowest BCUT2D eigenvalue weighted by molar-refractivity contribution is -0.120. The van der Waals surface area contributed by atoms with Crippen LogP contribution in [0.5, 0.6) is 5.75 Å². The van der Waals surface area contributed by atoms with Gasteiger partial charge in [0.1, 0.15) is 5.75 Å². The minimum atomic E-state index is -0.299. The molecule has 1 atom stereocenters. The first-order valence-electron chi connectivity index (χ1n) is 6.97. The van der Waals surface area contributed by atoms with Gasteiger partial charge in [-0.15, -0.1) is 0 Å². The van der Waals surface area contributed by atoms with Gasteiger partial charge in [0.25, 0.3) is 0 Å². The third-order valence-electron chi connectivity index (χ3n) is 3.23. The van der Waals surface area contributed by atoms with E-state index in [4.69, 9.17) is 10.5 Å². The van der Waals surface area contributed by atoms with Gasteiger partial charge >= 0.3 is 0 Å². The number of primary amides is 1. The zero-order valence-electron chi connectivity index (χ0n) is 12.6. The number of methoxy groups -OCH3 is 1. The Morgan fingerprint density at radius 2 is 2.15 bits per heavy atom. The Morgan fingerprint density at radius 1 is 1.45 bits per heavy atom. The molecule has 0 aliphatic heterocycles. The Hall–Kier alpha value is -1.75. The summed E-state index contributed by atoms with van der Waals surface area (Å²) in [6.07, 6.45) is 1.65. The molecule has 0 aliphatic rings. The molecule has 1 aromatic carbocycles. The summed E-state index contributed by atoms with van der Waals surface area (Å²) in [5.41, 5.74) is 6.42. The Bertz CT molecular complexity index is 423. The van der Waals surface area contributed by atoms with Gasteiger partial charge in [-0.05, 0) is 31.5 Å². The van der Waals surface area contributed by atoms with E-state index in [1.807, 2.05) is 31.3 Å². The number of ether oxygens (including phenoxy) is 1. The summed E-state index contributed by atoms with van der Waals surface area (Å²) in [6.45, 7) is 3.59. The molecule has 1 rings (SSSR count). The predicted molar refractivity (Wildman–Crippen MR) is 82.2 cm³/mol. The van der Waals surface area contributed by atoms with Crippen molar-refractivity contribution in [3.05, 3.63) is 24.3 Å². The lowest BCUT2D eigenvalue weighted by Crippen LogP contribution is -2.43. The first kappa shape index (κ1) is 16.3. The van der Waals surface area contributed by atoms with E-state index >= 15 is 0 Å². The van der Waals surface area contributed by atoms with Crippen molar-refractivity contribution in [3.63, 3.8) is 0 Å². The number of nitrogens with two attached hydrogens (primary N) is 1. The highest BCUT2D eigenvalue weighted by atomic mass is 16.5. The molecule has 1 amide bonds. The molecule has 0 aromatic heterocycles. The predicted octanol–water partition coefficient (Wildman–Crippen LogP) is 1.38. The number of hydrogen-bond donors (Lipinski definition) is 2. The maximum absolute atomic E-state index is 11.4. The summed E-state index contributed by atoms with van der Waals surface area (Å²) in [7, 11) is 3.64. The maximum atomic E-state index is 11.4. The lowest BCUT2D eigenvalue weighted by atomic mass is 10.1. The molecule has 1 unspecified atom stereocenters. The van der Waals surface area contributed by atoms with E-state index in [0.717, 1.165) is 30.9 Å². The van der Waals surface area contributed by atoms with Crippen LogP contribution in [0.25, 0.3) is 0 Å². The van der Waals surface area contributed by atoms with Gasteiger partial charge in [0.2, 0.25) is 5.91 Å². The van der Waals surface area contributed by atoms with E-state index in [1.54, 1.807) is 7.11 Å². The van der Waals surface area contributed by atoms with E-state index in [2.05, 4.69) is 17.1 Å². The van der Waals surface area contributed by atoms with Crippen molar-refractivity contribution < 1.29 is 9.53 Å². The Labute approximate surface area is 121 Å². The molecule has 3 N–H and O–H groups in total. The monoisotopic (exact) mass is 279 g/mol. The molecule has 5 nitrogen and oxygen atoms in total. The van der Waals surface area contributed by atoms with Crippen LogP contribution in [-0.2, 0) is 4.79 Å². The van der Waals surface area contributed by atoms with Crippen molar-refractivity contribution in [3.8, 4) is 5.75 Å². The van der Waals surface area contributed by atoms with Crippen LogP contribution in [-0.4, -0.2) is 39.2 Å². The molecule has 20 heavy (non-hydrogen) atoms. The summed E-state index contributed by atoms with van der Waals surface area (Å²) in [4.78, 5) is 13.5. The second kappa shape index (κ2) is 8.43.